The number of hydrogen-bond donors (Lipinski definition) is 2. The quantitative estimate of drug-likeness (QED) is 0.477. The lowest BCUT2D eigenvalue weighted by Crippen LogP contribution is -2.52. The van der Waals surface area contributed by atoms with Crippen LogP contribution in [-0.4, -0.2) is 47.2 Å². The van der Waals surface area contributed by atoms with Crippen LogP contribution in [0.4, 0.5) is 5.69 Å². The van der Waals surface area contributed by atoms with E-state index >= 15 is 0 Å². The molecule has 3 rings (SSSR count). The van der Waals surface area contributed by atoms with Crippen molar-refractivity contribution in [3.8, 4) is 0 Å². The number of nitrogens with two attached hydrogens (primary N) is 1. The summed E-state index contributed by atoms with van der Waals surface area (Å²) in [5.41, 5.74) is 6.36. The van der Waals surface area contributed by atoms with E-state index < -0.39 is 24.0 Å². The fourth-order valence-corrected chi connectivity index (χ4v) is 3.59. The maximum atomic E-state index is 12.3. The van der Waals surface area contributed by atoms with Crippen molar-refractivity contribution < 1.29 is 19.4 Å². The Balaban J connectivity index is 1.71. The Morgan fingerprint density at radius 3 is 2.64 bits per heavy atom. The van der Waals surface area contributed by atoms with Crippen LogP contribution in [0, 0.1) is 5.92 Å². The molecule has 2 aliphatic rings. The highest BCUT2D eigenvalue weighted by Gasteiger charge is 2.49. The number of nitrogens with zero attached hydrogens (tertiary/aromatic N) is 1. The van der Waals surface area contributed by atoms with Crippen LogP contribution in [0.3, 0.4) is 0 Å². The molecule has 6 heteroatoms. The maximum Gasteiger partial charge on any atom is 0.345 e. The summed E-state index contributed by atoms with van der Waals surface area (Å²) in [6.45, 7) is 0. The van der Waals surface area contributed by atoms with E-state index in [1.54, 1.807) is 12.1 Å². The molecule has 1 aromatic carbocycles. The molecule has 6 nitrogen and oxygen atoms in total. The highest BCUT2D eigenvalue weighted by molar-refractivity contribution is 5.97. The van der Waals surface area contributed by atoms with E-state index in [0.29, 0.717) is 18.2 Å². The van der Waals surface area contributed by atoms with Crippen LogP contribution in [0.5, 0.6) is 0 Å². The zero-order valence-corrected chi connectivity index (χ0v) is 12.4. The second kappa shape index (κ2) is 5.70. The van der Waals surface area contributed by atoms with Gasteiger partial charge in [-0.2, -0.15) is 0 Å². The molecule has 0 spiro atoms. The van der Waals surface area contributed by atoms with Crippen molar-refractivity contribution in [2.45, 2.75) is 37.5 Å². The number of fused-ring (bicyclic) bond motifs is 2. The van der Waals surface area contributed by atoms with Crippen LogP contribution < -0.4 is 5.73 Å². The van der Waals surface area contributed by atoms with Gasteiger partial charge in [0.15, 0.2) is 0 Å². The molecule has 0 aromatic heterocycles. The van der Waals surface area contributed by atoms with E-state index in [9.17, 15) is 14.7 Å². The normalized spacial score (nSPS) is 31.0. The number of ether oxygens (including phenoxy) is 1. The molecule has 0 aliphatic carbocycles. The molecule has 2 heterocycles. The third-order valence-corrected chi connectivity index (χ3v) is 4.85. The summed E-state index contributed by atoms with van der Waals surface area (Å²) >= 11 is 0. The van der Waals surface area contributed by atoms with Crippen molar-refractivity contribution >= 4 is 17.6 Å². The zero-order valence-electron chi connectivity index (χ0n) is 12.4. The lowest BCUT2D eigenvalue weighted by molar-refractivity contribution is -0.152. The van der Waals surface area contributed by atoms with E-state index in [0.717, 1.165) is 12.8 Å². The molecule has 2 fully saturated rings. The van der Waals surface area contributed by atoms with Crippen LogP contribution in [0.25, 0.3) is 0 Å². The number of piperidine rings is 1. The maximum absolute atomic E-state index is 12.3. The number of rotatable bonds is 2. The van der Waals surface area contributed by atoms with E-state index in [-0.39, 0.29) is 11.6 Å². The van der Waals surface area contributed by atoms with E-state index in [4.69, 9.17) is 10.5 Å². The number of aliphatic hydroxyl groups is 1. The number of hydrogen-bond acceptors (Lipinski definition) is 6. The van der Waals surface area contributed by atoms with Crippen molar-refractivity contribution in [3.05, 3.63) is 29.8 Å². The Hall–Kier alpha value is -1.92. The molecule has 2 saturated heterocycles. The summed E-state index contributed by atoms with van der Waals surface area (Å²) in [4.78, 5) is 26.5. The van der Waals surface area contributed by atoms with E-state index in [1.165, 1.54) is 12.1 Å². The van der Waals surface area contributed by atoms with Crippen molar-refractivity contribution in [3.63, 3.8) is 0 Å². The van der Waals surface area contributed by atoms with Crippen molar-refractivity contribution in [2.24, 2.45) is 5.92 Å². The fraction of sp³-hybridized carbons (Fsp3) is 0.500. The number of esters is 2. The average molecular weight is 304 g/mol. The zero-order chi connectivity index (χ0) is 15.9. The number of carbonyl (C=O) groups excluding carboxylic acids is 2. The Kier molecular flexibility index (Phi) is 3.88. The number of anilines is 1. The van der Waals surface area contributed by atoms with E-state index in [2.05, 4.69) is 4.90 Å². The number of aliphatic hydroxyl groups excluding tert-OH is 1. The van der Waals surface area contributed by atoms with Gasteiger partial charge in [0, 0.05) is 17.8 Å². The second-order valence-corrected chi connectivity index (χ2v) is 6.12. The molecule has 1 aromatic rings. The molecule has 0 unspecified atom stereocenters. The lowest BCUT2D eigenvalue weighted by atomic mass is 9.88. The van der Waals surface area contributed by atoms with Gasteiger partial charge in [0.1, 0.15) is 0 Å². The smallest absolute Gasteiger partial charge is 0.345 e. The van der Waals surface area contributed by atoms with Crippen LogP contribution >= 0.6 is 0 Å². The van der Waals surface area contributed by atoms with Gasteiger partial charge in [-0.05, 0) is 50.6 Å². The first kappa shape index (κ1) is 15.0. The Morgan fingerprint density at radius 2 is 1.95 bits per heavy atom. The van der Waals surface area contributed by atoms with Gasteiger partial charge in [-0.25, -0.2) is 4.79 Å². The fourth-order valence-electron chi connectivity index (χ4n) is 3.59. The molecule has 118 valence electrons. The largest absolute Gasteiger partial charge is 0.399 e. The molecule has 0 radical (unpaired) electrons. The highest BCUT2D eigenvalue weighted by atomic mass is 16.6. The van der Waals surface area contributed by atoms with Gasteiger partial charge in [0.25, 0.3) is 0 Å². The van der Waals surface area contributed by atoms with Crippen LogP contribution in [0.1, 0.15) is 29.6 Å². The molecule has 22 heavy (non-hydrogen) atoms. The molecule has 0 amide bonds. The third-order valence-electron chi connectivity index (χ3n) is 4.85. The standard InChI is InChI=1S/C16H20N2O4/c1-18-11-6-7-12(18)14(13(19)8-11)16(21)22-15(20)9-2-4-10(17)5-3-9/h2-5,11-14,19H,6-8,17H2,1H3/t11-,12+,13-,14+/m0/s1. The van der Waals surface area contributed by atoms with Gasteiger partial charge in [-0.15, -0.1) is 0 Å². The monoisotopic (exact) mass is 304 g/mol. The minimum absolute atomic E-state index is 0.0551. The van der Waals surface area contributed by atoms with Gasteiger partial charge < -0.3 is 15.6 Å². The Bertz CT molecular complexity index is 586. The number of benzene rings is 1. The third kappa shape index (κ3) is 2.60. The minimum atomic E-state index is -0.750. The predicted molar refractivity (Wildman–Crippen MR) is 80.0 cm³/mol. The van der Waals surface area contributed by atoms with Gasteiger partial charge in [-0.1, -0.05) is 0 Å². The predicted octanol–water partition coefficient (Wildman–Crippen LogP) is 0.796. The number of nitrogen functional groups attached to an aromatic ring is 1. The van der Waals surface area contributed by atoms with Crippen molar-refractivity contribution in [1.82, 2.24) is 4.90 Å². The van der Waals surface area contributed by atoms with Gasteiger partial charge in [0.05, 0.1) is 17.6 Å². The Morgan fingerprint density at radius 1 is 1.27 bits per heavy atom. The summed E-state index contributed by atoms with van der Waals surface area (Å²) in [5, 5.41) is 10.2. The Labute approximate surface area is 128 Å². The van der Waals surface area contributed by atoms with Gasteiger partial charge in [0.2, 0.25) is 0 Å². The van der Waals surface area contributed by atoms with Crippen molar-refractivity contribution in [1.29, 1.82) is 0 Å². The molecular formula is C16H20N2O4. The first-order valence-electron chi connectivity index (χ1n) is 7.49. The summed E-state index contributed by atoms with van der Waals surface area (Å²) < 4.78 is 4.98. The van der Waals surface area contributed by atoms with Gasteiger partial charge in [-0.3, -0.25) is 9.69 Å². The summed E-state index contributed by atoms with van der Waals surface area (Å²) in [5.74, 6) is -2.02. The topological polar surface area (TPSA) is 92.9 Å². The summed E-state index contributed by atoms with van der Waals surface area (Å²) in [7, 11) is 1.95. The molecule has 0 saturated carbocycles. The van der Waals surface area contributed by atoms with E-state index in [1.807, 2.05) is 7.05 Å². The minimum Gasteiger partial charge on any atom is -0.399 e. The molecule has 3 N–H and O–H groups in total. The van der Waals surface area contributed by atoms with Crippen LogP contribution in [0.15, 0.2) is 24.3 Å². The summed E-state index contributed by atoms with van der Waals surface area (Å²) in [6.07, 6.45) is 1.60. The molecule has 4 atom stereocenters. The van der Waals surface area contributed by atoms with Crippen LogP contribution in [0.2, 0.25) is 0 Å². The molecule has 2 bridgehead atoms. The molecule has 2 aliphatic heterocycles. The SMILES string of the molecule is CN1[C@H]2CC[C@@H]1[C@@H](C(=O)OC(=O)c1ccc(N)cc1)[C@@H](O)C2. The highest BCUT2D eigenvalue weighted by Crippen LogP contribution is 2.38. The first-order chi connectivity index (χ1) is 10.5. The van der Waals surface area contributed by atoms with Crippen LogP contribution in [-0.2, 0) is 9.53 Å². The number of carbonyl (C=O) groups is 2. The second-order valence-electron chi connectivity index (χ2n) is 6.12. The average Bonchev–Trinajstić information content (AvgIpc) is 2.71. The van der Waals surface area contributed by atoms with Gasteiger partial charge >= 0.3 is 11.9 Å². The molecular weight excluding hydrogens is 284 g/mol. The van der Waals surface area contributed by atoms with Crippen molar-refractivity contribution in [2.75, 3.05) is 12.8 Å². The first-order valence-corrected chi connectivity index (χ1v) is 7.49. The summed E-state index contributed by atoms with van der Waals surface area (Å²) in [6, 6.07) is 6.44. The lowest BCUT2D eigenvalue weighted by Gasteiger charge is -2.39.